The Bertz CT molecular complexity index is 332. The predicted molar refractivity (Wildman–Crippen MR) is 58.8 cm³/mol. The number of carbonyl (C=O) groups is 2. The van der Waals surface area contributed by atoms with Gasteiger partial charge in [0, 0.05) is 5.38 Å². The summed E-state index contributed by atoms with van der Waals surface area (Å²) >= 11 is 3.57. The van der Waals surface area contributed by atoms with Gasteiger partial charge in [-0.05, 0) is 0 Å². The Morgan fingerprint density at radius 3 is 2.47 bits per heavy atom. The van der Waals surface area contributed by atoms with Gasteiger partial charge in [0.2, 0.25) is 0 Å². The average Bonchev–Trinajstić information content (AvgIpc) is 2.59. The Morgan fingerprint density at radius 2 is 1.87 bits per heavy atom. The molecule has 0 saturated carbocycles. The second-order valence-corrected chi connectivity index (χ2v) is 5.39. The number of nitrogens with zero attached hydrogens (tertiary/aromatic N) is 1. The molecule has 0 radical (unpaired) electrons. The second kappa shape index (κ2) is 5.99. The molecule has 2 N–H and O–H groups in total. The third kappa shape index (κ3) is 5.05. The second-order valence-electron chi connectivity index (χ2n) is 2.32. The number of carboxylic acid groups (broad SMARTS) is 2. The molecule has 8 heteroatoms. The van der Waals surface area contributed by atoms with Crippen LogP contribution in [0.15, 0.2) is 14.7 Å². The fourth-order valence-electron chi connectivity index (χ4n) is 0.635. The summed E-state index contributed by atoms with van der Waals surface area (Å²) in [5.74, 6) is -1.86. The lowest BCUT2D eigenvalue weighted by atomic mass is 10.8. The molecule has 0 amide bonds. The summed E-state index contributed by atoms with van der Waals surface area (Å²) in [5, 5.41) is 19.2. The van der Waals surface area contributed by atoms with Crippen LogP contribution in [0.5, 0.6) is 0 Å². The zero-order valence-electron chi connectivity index (χ0n) is 7.37. The Hall–Kier alpha value is -0.730. The quantitative estimate of drug-likeness (QED) is 0.753. The van der Waals surface area contributed by atoms with Gasteiger partial charge in [0.05, 0.1) is 11.5 Å². The van der Waals surface area contributed by atoms with E-state index < -0.39 is 11.9 Å². The third-order valence-electron chi connectivity index (χ3n) is 1.12. The average molecular weight is 265 g/mol. The number of aromatic nitrogens is 1. The fourth-order valence-corrected chi connectivity index (χ4v) is 3.00. The van der Waals surface area contributed by atoms with Gasteiger partial charge >= 0.3 is 11.9 Å². The van der Waals surface area contributed by atoms with Gasteiger partial charge in [-0.25, -0.2) is 4.98 Å². The maximum atomic E-state index is 10.3. The van der Waals surface area contributed by atoms with E-state index in [4.69, 9.17) is 10.2 Å². The SMILES string of the molecule is O=C(O)CSc1csc(SCC(=O)O)n1. The van der Waals surface area contributed by atoms with Gasteiger partial charge < -0.3 is 10.2 Å². The normalized spacial score (nSPS) is 10.1. The van der Waals surface area contributed by atoms with E-state index in [1.54, 1.807) is 5.38 Å². The molecular weight excluding hydrogens is 258 g/mol. The van der Waals surface area contributed by atoms with Crippen LogP contribution in [0.4, 0.5) is 0 Å². The molecule has 0 saturated heterocycles. The van der Waals surface area contributed by atoms with Gasteiger partial charge in [-0.1, -0.05) is 23.5 Å². The van der Waals surface area contributed by atoms with Crippen molar-refractivity contribution in [3.8, 4) is 0 Å². The summed E-state index contributed by atoms with van der Waals surface area (Å²) in [6.45, 7) is 0. The van der Waals surface area contributed by atoms with Gasteiger partial charge in [-0.2, -0.15) is 0 Å². The van der Waals surface area contributed by atoms with Crippen LogP contribution in [0, 0.1) is 0 Å². The predicted octanol–water partition coefficient (Wildman–Crippen LogP) is 1.50. The lowest BCUT2D eigenvalue weighted by molar-refractivity contribution is -0.134. The van der Waals surface area contributed by atoms with Crippen molar-refractivity contribution in [2.24, 2.45) is 0 Å². The Balaban J connectivity index is 2.41. The Labute approximate surface area is 97.9 Å². The van der Waals surface area contributed by atoms with Crippen molar-refractivity contribution in [3.63, 3.8) is 0 Å². The minimum Gasteiger partial charge on any atom is -0.481 e. The summed E-state index contributed by atoms with van der Waals surface area (Å²) in [5.41, 5.74) is 0. The van der Waals surface area contributed by atoms with Gasteiger partial charge in [-0.15, -0.1) is 11.3 Å². The summed E-state index contributed by atoms with van der Waals surface area (Å²) in [6.07, 6.45) is 0. The van der Waals surface area contributed by atoms with Crippen LogP contribution in [0.25, 0.3) is 0 Å². The smallest absolute Gasteiger partial charge is 0.313 e. The van der Waals surface area contributed by atoms with Gasteiger partial charge in [0.15, 0.2) is 4.34 Å². The molecule has 15 heavy (non-hydrogen) atoms. The van der Waals surface area contributed by atoms with Crippen LogP contribution in [-0.4, -0.2) is 38.6 Å². The molecule has 1 rings (SSSR count). The summed E-state index contributed by atoms with van der Waals surface area (Å²) in [4.78, 5) is 24.6. The molecular formula is C7H7NO4S3. The number of thiazole rings is 1. The van der Waals surface area contributed by atoms with Crippen molar-refractivity contribution in [1.82, 2.24) is 4.98 Å². The van der Waals surface area contributed by atoms with Crippen molar-refractivity contribution in [1.29, 1.82) is 0 Å². The third-order valence-corrected chi connectivity index (χ3v) is 4.18. The Kier molecular flexibility index (Phi) is 4.92. The molecule has 0 aliphatic carbocycles. The molecule has 1 heterocycles. The highest BCUT2D eigenvalue weighted by molar-refractivity contribution is 8.02. The number of carboxylic acids is 2. The highest BCUT2D eigenvalue weighted by Crippen LogP contribution is 2.27. The molecule has 0 bridgehead atoms. The highest BCUT2D eigenvalue weighted by atomic mass is 32.2. The molecule has 1 aromatic rings. The molecule has 0 atom stereocenters. The maximum Gasteiger partial charge on any atom is 0.313 e. The number of rotatable bonds is 6. The zero-order chi connectivity index (χ0) is 11.3. The molecule has 0 aliphatic rings. The number of hydrogen-bond donors (Lipinski definition) is 2. The van der Waals surface area contributed by atoms with Crippen molar-refractivity contribution in [2.75, 3.05) is 11.5 Å². The van der Waals surface area contributed by atoms with Crippen molar-refractivity contribution in [2.45, 2.75) is 9.37 Å². The largest absolute Gasteiger partial charge is 0.481 e. The number of hydrogen-bond acceptors (Lipinski definition) is 6. The van der Waals surface area contributed by atoms with Gasteiger partial charge in [0.25, 0.3) is 0 Å². The molecule has 0 aromatic carbocycles. The molecule has 0 aliphatic heterocycles. The van der Waals surface area contributed by atoms with E-state index >= 15 is 0 Å². The van der Waals surface area contributed by atoms with E-state index in [9.17, 15) is 9.59 Å². The zero-order valence-corrected chi connectivity index (χ0v) is 9.82. The molecule has 0 spiro atoms. The minimum atomic E-state index is -0.896. The van der Waals surface area contributed by atoms with E-state index in [0.29, 0.717) is 9.37 Å². The van der Waals surface area contributed by atoms with Crippen LogP contribution in [0.2, 0.25) is 0 Å². The molecule has 5 nitrogen and oxygen atoms in total. The van der Waals surface area contributed by atoms with E-state index in [2.05, 4.69) is 4.98 Å². The summed E-state index contributed by atoms with van der Waals surface area (Å²) in [7, 11) is 0. The van der Waals surface area contributed by atoms with Gasteiger partial charge in [0.1, 0.15) is 5.03 Å². The molecule has 82 valence electrons. The fraction of sp³-hybridized carbons (Fsp3) is 0.286. The van der Waals surface area contributed by atoms with Crippen LogP contribution >= 0.6 is 34.9 Å². The van der Waals surface area contributed by atoms with Gasteiger partial charge in [-0.3, -0.25) is 9.59 Å². The molecule has 1 aromatic heterocycles. The maximum absolute atomic E-state index is 10.3. The van der Waals surface area contributed by atoms with Crippen molar-refractivity contribution in [3.05, 3.63) is 5.38 Å². The first kappa shape index (κ1) is 12.3. The van der Waals surface area contributed by atoms with Crippen molar-refractivity contribution < 1.29 is 19.8 Å². The summed E-state index contributed by atoms with van der Waals surface area (Å²) in [6, 6.07) is 0. The molecule has 0 fully saturated rings. The van der Waals surface area contributed by atoms with E-state index in [0.717, 1.165) is 23.5 Å². The number of thioether (sulfide) groups is 2. The first-order valence-corrected chi connectivity index (χ1v) is 6.57. The van der Waals surface area contributed by atoms with Crippen LogP contribution in [0.3, 0.4) is 0 Å². The topological polar surface area (TPSA) is 87.5 Å². The highest BCUT2D eigenvalue weighted by Gasteiger charge is 2.07. The van der Waals surface area contributed by atoms with E-state index in [1.807, 2.05) is 0 Å². The van der Waals surface area contributed by atoms with Crippen LogP contribution in [0.1, 0.15) is 0 Å². The van der Waals surface area contributed by atoms with Crippen LogP contribution < -0.4 is 0 Å². The molecule has 0 unspecified atom stereocenters. The van der Waals surface area contributed by atoms with Crippen molar-refractivity contribution >= 4 is 46.8 Å². The Morgan fingerprint density at radius 1 is 1.27 bits per heavy atom. The monoisotopic (exact) mass is 265 g/mol. The minimum absolute atomic E-state index is 0.0312. The summed E-state index contributed by atoms with van der Waals surface area (Å²) < 4.78 is 0.644. The first-order chi connectivity index (χ1) is 7.08. The lowest BCUT2D eigenvalue weighted by Crippen LogP contribution is -1.98. The number of aliphatic carboxylic acids is 2. The van der Waals surface area contributed by atoms with E-state index in [-0.39, 0.29) is 11.5 Å². The lowest BCUT2D eigenvalue weighted by Gasteiger charge is -1.91. The van der Waals surface area contributed by atoms with Crippen LogP contribution in [-0.2, 0) is 9.59 Å². The van der Waals surface area contributed by atoms with E-state index in [1.165, 1.54) is 11.3 Å². The standard InChI is InChI=1S/C7H7NO4S3/c9-5(10)2-13-4-1-14-7(8-4)15-3-6(11)12/h1H,2-3H2,(H,9,10)(H,11,12). The first-order valence-electron chi connectivity index (χ1n) is 3.72.